The SMILES string of the molecule is CC1NCCCC1NC(=O)C(c1ccccc1)N(C)C. The number of hydrogen-bond donors (Lipinski definition) is 2. The number of carbonyl (C=O) groups excluding carboxylic acids is 1. The van der Waals surface area contributed by atoms with E-state index in [0.717, 1.165) is 24.9 Å². The van der Waals surface area contributed by atoms with E-state index in [4.69, 9.17) is 0 Å². The summed E-state index contributed by atoms with van der Waals surface area (Å²) >= 11 is 0. The van der Waals surface area contributed by atoms with Crippen LogP contribution >= 0.6 is 0 Å². The lowest BCUT2D eigenvalue weighted by molar-refractivity contribution is -0.126. The summed E-state index contributed by atoms with van der Waals surface area (Å²) in [6, 6.07) is 10.3. The highest BCUT2D eigenvalue weighted by atomic mass is 16.2. The molecule has 0 bridgehead atoms. The van der Waals surface area contributed by atoms with Gasteiger partial charge in [-0.2, -0.15) is 0 Å². The van der Waals surface area contributed by atoms with Gasteiger partial charge in [-0.15, -0.1) is 0 Å². The van der Waals surface area contributed by atoms with E-state index in [-0.39, 0.29) is 18.0 Å². The summed E-state index contributed by atoms with van der Waals surface area (Å²) in [4.78, 5) is 14.6. The summed E-state index contributed by atoms with van der Waals surface area (Å²) in [5.41, 5.74) is 1.03. The van der Waals surface area contributed by atoms with Crippen LogP contribution in [0.4, 0.5) is 0 Å². The second-order valence-electron chi connectivity index (χ2n) is 5.78. The van der Waals surface area contributed by atoms with E-state index in [0.29, 0.717) is 6.04 Å². The van der Waals surface area contributed by atoms with Crippen molar-refractivity contribution in [1.29, 1.82) is 0 Å². The third-order valence-electron chi connectivity index (χ3n) is 3.97. The zero-order valence-corrected chi connectivity index (χ0v) is 12.6. The molecule has 0 radical (unpaired) electrons. The van der Waals surface area contributed by atoms with Gasteiger partial charge in [-0.05, 0) is 46.0 Å². The maximum absolute atomic E-state index is 12.6. The number of piperidine rings is 1. The molecule has 1 aliphatic rings. The van der Waals surface area contributed by atoms with Crippen LogP contribution in [-0.2, 0) is 4.79 Å². The quantitative estimate of drug-likeness (QED) is 0.876. The topological polar surface area (TPSA) is 44.4 Å². The summed E-state index contributed by atoms with van der Waals surface area (Å²) < 4.78 is 0. The highest BCUT2D eigenvalue weighted by Crippen LogP contribution is 2.19. The highest BCUT2D eigenvalue weighted by molar-refractivity contribution is 5.83. The molecule has 20 heavy (non-hydrogen) atoms. The van der Waals surface area contributed by atoms with E-state index >= 15 is 0 Å². The van der Waals surface area contributed by atoms with Crippen LogP contribution in [-0.4, -0.2) is 43.5 Å². The van der Waals surface area contributed by atoms with Crippen molar-refractivity contribution in [1.82, 2.24) is 15.5 Å². The van der Waals surface area contributed by atoms with Crippen molar-refractivity contribution >= 4 is 5.91 Å². The second kappa shape index (κ2) is 6.86. The molecular formula is C16H25N3O. The molecule has 1 aliphatic heterocycles. The first-order valence-corrected chi connectivity index (χ1v) is 7.34. The standard InChI is InChI=1S/C16H25N3O/c1-12-14(10-7-11-17-12)18-16(20)15(19(2)3)13-8-5-4-6-9-13/h4-6,8-9,12,14-15,17H,7,10-11H2,1-3H3,(H,18,20). The van der Waals surface area contributed by atoms with Crippen molar-refractivity contribution in [3.05, 3.63) is 35.9 Å². The molecule has 1 heterocycles. The number of nitrogens with one attached hydrogen (secondary N) is 2. The molecule has 0 saturated carbocycles. The number of likely N-dealkylation sites (N-methyl/N-ethyl adjacent to an activating group) is 1. The van der Waals surface area contributed by atoms with E-state index < -0.39 is 0 Å². The van der Waals surface area contributed by atoms with Gasteiger partial charge in [-0.1, -0.05) is 30.3 Å². The lowest BCUT2D eigenvalue weighted by atomic mass is 9.98. The summed E-state index contributed by atoms with van der Waals surface area (Å²) in [6.07, 6.45) is 2.17. The molecule has 4 heteroatoms. The minimum atomic E-state index is -0.231. The van der Waals surface area contributed by atoms with Gasteiger partial charge in [-0.25, -0.2) is 0 Å². The first-order chi connectivity index (χ1) is 9.59. The molecule has 2 N–H and O–H groups in total. The van der Waals surface area contributed by atoms with Gasteiger partial charge in [-0.3, -0.25) is 9.69 Å². The molecular weight excluding hydrogens is 250 g/mol. The number of carbonyl (C=O) groups is 1. The Hall–Kier alpha value is -1.39. The van der Waals surface area contributed by atoms with Gasteiger partial charge in [0.2, 0.25) is 5.91 Å². The van der Waals surface area contributed by atoms with Crippen LogP contribution in [0.5, 0.6) is 0 Å². The average Bonchev–Trinajstić information content (AvgIpc) is 2.42. The molecule has 3 unspecified atom stereocenters. The summed E-state index contributed by atoms with van der Waals surface area (Å²) in [7, 11) is 3.89. The fraction of sp³-hybridized carbons (Fsp3) is 0.562. The molecule has 4 nitrogen and oxygen atoms in total. The second-order valence-corrected chi connectivity index (χ2v) is 5.78. The maximum Gasteiger partial charge on any atom is 0.242 e. The summed E-state index contributed by atoms with van der Waals surface area (Å²) in [5, 5.41) is 6.62. The number of benzene rings is 1. The van der Waals surface area contributed by atoms with Crippen molar-refractivity contribution < 1.29 is 4.79 Å². The molecule has 1 amide bonds. The zero-order valence-electron chi connectivity index (χ0n) is 12.6. The summed E-state index contributed by atoms with van der Waals surface area (Å²) in [6.45, 7) is 3.18. The third-order valence-corrected chi connectivity index (χ3v) is 3.97. The maximum atomic E-state index is 12.6. The van der Waals surface area contributed by atoms with Crippen LogP contribution in [0.25, 0.3) is 0 Å². The predicted octanol–water partition coefficient (Wildman–Crippen LogP) is 1.55. The normalized spacial score (nSPS) is 24.4. The van der Waals surface area contributed by atoms with Gasteiger partial charge < -0.3 is 10.6 Å². The number of amides is 1. The molecule has 1 aromatic carbocycles. The van der Waals surface area contributed by atoms with E-state index in [9.17, 15) is 4.79 Å². The Morgan fingerprint density at radius 1 is 1.35 bits per heavy atom. The monoisotopic (exact) mass is 275 g/mol. The largest absolute Gasteiger partial charge is 0.350 e. The summed E-state index contributed by atoms with van der Waals surface area (Å²) in [5.74, 6) is 0.0850. The van der Waals surface area contributed by atoms with Crippen molar-refractivity contribution in [3.63, 3.8) is 0 Å². The minimum Gasteiger partial charge on any atom is -0.350 e. The molecule has 0 aromatic heterocycles. The van der Waals surface area contributed by atoms with Crippen molar-refractivity contribution in [2.24, 2.45) is 0 Å². The van der Waals surface area contributed by atoms with Crippen LogP contribution < -0.4 is 10.6 Å². The van der Waals surface area contributed by atoms with E-state index in [1.165, 1.54) is 0 Å². The van der Waals surface area contributed by atoms with Gasteiger partial charge in [0.05, 0.1) is 0 Å². The molecule has 2 rings (SSSR count). The predicted molar refractivity (Wildman–Crippen MR) is 81.5 cm³/mol. The Bertz CT molecular complexity index is 433. The minimum absolute atomic E-state index is 0.0850. The third kappa shape index (κ3) is 3.58. The van der Waals surface area contributed by atoms with Gasteiger partial charge in [0.15, 0.2) is 0 Å². The highest BCUT2D eigenvalue weighted by Gasteiger charge is 2.28. The van der Waals surface area contributed by atoms with Crippen molar-refractivity contribution in [2.45, 2.75) is 37.9 Å². The van der Waals surface area contributed by atoms with Crippen LogP contribution in [0.3, 0.4) is 0 Å². The molecule has 3 atom stereocenters. The van der Waals surface area contributed by atoms with E-state index in [1.807, 2.05) is 49.3 Å². The number of hydrogen-bond acceptors (Lipinski definition) is 3. The Morgan fingerprint density at radius 3 is 2.65 bits per heavy atom. The van der Waals surface area contributed by atoms with Gasteiger partial charge in [0.1, 0.15) is 6.04 Å². The lowest BCUT2D eigenvalue weighted by Gasteiger charge is -2.33. The van der Waals surface area contributed by atoms with Crippen molar-refractivity contribution in [2.75, 3.05) is 20.6 Å². The first-order valence-electron chi connectivity index (χ1n) is 7.34. The smallest absolute Gasteiger partial charge is 0.242 e. The van der Waals surface area contributed by atoms with Gasteiger partial charge >= 0.3 is 0 Å². The fourth-order valence-corrected chi connectivity index (χ4v) is 2.82. The van der Waals surface area contributed by atoms with Crippen LogP contribution in [0, 0.1) is 0 Å². The van der Waals surface area contributed by atoms with Gasteiger partial charge in [0.25, 0.3) is 0 Å². The first kappa shape index (κ1) is 15.0. The molecule has 110 valence electrons. The Balaban J connectivity index is 2.08. The van der Waals surface area contributed by atoms with Crippen LogP contribution in [0.1, 0.15) is 31.4 Å². The molecule has 1 fully saturated rings. The molecule has 0 aliphatic carbocycles. The number of nitrogens with zero attached hydrogens (tertiary/aromatic N) is 1. The van der Waals surface area contributed by atoms with E-state index in [1.54, 1.807) is 0 Å². The van der Waals surface area contributed by atoms with Crippen LogP contribution in [0.2, 0.25) is 0 Å². The van der Waals surface area contributed by atoms with Crippen LogP contribution in [0.15, 0.2) is 30.3 Å². The number of rotatable bonds is 4. The van der Waals surface area contributed by atoms with Gasteiger partial charge in [0, 0.05) is 12.1 Å². The average molecular weight is 275 g/mol. The van der Waals surface area contributed by atoms with Crippen molar-refractivity contribution in [3.8, 4) is 0 Å². The fourth-order valence-electron chi connectivity index (χ4n) is 2.82. The molecule has 1 aromatic rings. The molecule has 0 spiro atoms. The molecule has 1 saturated heterocycles. The Kier molecular flexibility index (Phi) is 5.15. The van der Waals surface area contributed by atoms with E-state index in [2.05, 4.69) is 17.6 Å². The Labute approximate surface area is 121 Å². The lowest BCUT2D eigenvalue weighted by Crippen LogP contribution is -2.53. The zero-order chi connectivity index (χ0) is 14.5. The Morgan fingerprint density at radius 2 is 2.05 bits per heavy atom.